The number of nitrogens with one attached hydrogen (secondary N) is 1. The van der Waals surface area contributed by atoms with Gasteiger partial charge in [0.2, 0.25) is 0 Å². The van der Waals surface area contributed by atoms with Crippen LogP contribution in [0.4, 0.5) is 0 Å². The van der Waals surface area contributed by atoms with E-state index in [9.17, 15) is 5.11 Å². The zero-order chi connectivity index (χ0) is 15.3. The van der Waals surface area contributed by atoms with E-state index < -0.39 is 5.60 Å². The molecule has 0 aromatic carbocycles. The Bertz CT molecular complexity index is 635. The summed E-state index contributed by atoms with van der Waals surface area (Å²) in [7, 11) is 0. The summed E-state index contributed by atoms with van der Waals surface area (Å²) < 4.78 is 1.45. The van der Waals surface area contributed by atoms with Crippen molar-refractivity contribution in [1.29, 1.82) is 0 Å². The Hall–Kier alpha value is -0.100. The molecule has 5 rings (SSSR count). The summed E-state index contributed by atoms with van der Waals surface area (Å²) in [4.78, 5) is 3.53. The van der Waals surface area contributed by atoms with Crippen LogP contribution in [0.15, 0.2) is 24.3 Å². The number of rotatable bonds is 3. The van der Waals surface area contributed by atoms with Crippen LogP contribution in [0.5, 0.6) is 0 Å². The fraction of sp³-hybridized carbons (Fsp3) is 0.500. The van der Waals surface area contributed by atoms with Crippen molar-refractivity contribution in [2.45, 2.75) is 18.4 Å². The molecule has 3 aliphatic rings. The number of hydrogen-bond donors (Lipinski definition) is 2. The lowest BCUT2D eigenvalue weighted by Crippen LogP contribution is -3.16. The normalized spacial score (nSPS) is 28.2. The summed E-state index contributed by atoms with van der Waals surface area (Å²) in [5, 5.41) is 11.8. The van der Waals surface area contributed by atoms with Crippen molar-refractivity contribution in [1.82, 2.24) is 0 Å². The van der Waals surface area contributed by atoms with Crippen LogP contribution in [0.2, 0.25) is 8.67 Å². The summed E-state index contributed by atoms with van der Waals surface area (Å²) >= 11 is 15.3. The maximum Gasteiger partial charge on any atom is 0.141 e. The van der Waals surface area contributed by atoms with E-state index in [0.29, 0.717) is 5.92 Å². The van der Waals surface area contributed by atoms with Crippen LogP contribution in [-0.4, -0.2) is 24.7 Å². The van der Waals surface area contributed by atoms with Crippen molar-refractivity contribution in [3.05, 3.63) is 42.7 Å². The first-order chi connectivity index (χ1) is 10.6. The standard InChI is InChI=1S/C16H17Cl2NOS2/c17-14-3-1-12(21-14)16(20,13-2-4-15(18)22-13)11-9-19-7-5-10(11)6-8-19/h1-4,10-11,20H,5-9H2/p+1. The molecule has 0 saturated carbocycles. The first-order valence-corrected chi connectivity index (χ1v) is 10.0. The van der Waals surface area contributed by atoms with Gasteiger partial charge >= 0.3 is 0 Å². The van der Waals surface area contributed by atoms with Crippen molar-refractivity contribution in [2.24, 2.45) is 11.8 Å². The van der Waals surface area contributed by atoms with Crippen LogP contribution in [0.3, 0.4) is 0 Å². The molecular weight excluding hydrogens is 357 g/mol. The van der Waals surface area contributed by atoms with Gasteiger partial charge in [-0.3, -0.25) is 0 Å². The lowest BCUT2D eigenvalue weighted by atomic mass is 9.69. The zero-order valence-electron chi connectivity index (χ0n) is 12.0. The second-order valence-electron chi connectivity index (χ2n) is 6.37. The third-order valence-electron chi connectivity index (χ3n) is 5.25. The Morgan fingerprint density at radius 1 is 1.00 bits per heavy atom. The first kappa shape index (κ1) is 15.4. The van der Waals surface area contributed by atoms with E-state index in [1.165, 1.54) is 48.6 Å². The molecule has 2 nitrogen and oxygen atoms in total. The highest BCUT2D eigenvalue weighted by Crippen LogP contribution is 2.48. The third kappa shape index (κ3) is 2.45. The van der Waals surface area contributed by atoms with Crippen molar-refractivity contribution < 1.29 is 10.0 Å². The predicted octanol–water partition coefficient (Wildman–Crippen LogP) is 3.28. The number of quaternary nitrogens is 1. The number of piperidine rings is 3. The lowest BCUT2D eigenvalue weighted by Gasteiger charge is -2.48. The van der Waals surface area contributed by atoms with Gasteiger partial charge in [-0.2, -0.15) is 0 Å². The van der Waals surface area contributed by atoms with Crippen LogP contribution in [0.1, 0.15) is 22.6 Å². The van der Waals surface area contributed by atoms with E-state index in [1.807, 2.05) is 24.3 Å². The molecule has 6 heteroatoms. The summed E-state index contributed by atoms with van der Waals surface area (Å²) in [6.07, 6.45) is 2.42. The molecule has 3 fully saturated rings. The minimum atomic E-state index is -0.952. The topological polar surface area (TPSA) is 24.7 Å². The number of hydrogen-bond acceptors (Lipinski definition) is 3. The molecule has 2 aromatic rings. The van der Waals surface area contributed by atoms with Gasteiger partial charge in [0.05, 0.1) is 34.2 Å². The Kier molecular flexibility index (Phi) is 4.04. The molecule has 3 saturated heterocycles. The van der Waals surface area contributed by atoms with Crippen molar-refractivity contribution in [2.75, 3.05) is 19.6 Å². The largest absolute Gasteiger partial charge is 0.378 e. The van der Waals surface area contributed by atoms with Gasteiger partial charge < -0.3 is 10.0 Å². The SMILES string of the molecule is OC(c1ccc(Cl)s1)(c1ccc(Cl)s1)C1C[NH+]2CCC1CC2. The van der Waals surface area contributed by atoms with Crippen molar-refractivity contribution in [3.8, 4) is 0 Å². The molecule has 1 atom stereocenters. The number of fused-ring (bicyclic) bond motifs is 3. The highest BCUT2D eigenvalue weighted by Gasteiger charge is 2.52. The molecule has 2 aromatic heterocycles. The Morgan fingerprint density at radius 2 is 1.55 bits per heavy atom. The van der Waals surface area contributed by atoms with E-state index in [4.69, 9.17) is 23.2 Å². The molecule has 3 aliphatic heterocycles. The number of thiophene rings is 2. The minimum Gasteiger partial charge on any atom is -0.378 e. The van der Waals surface area contributed by atoms with Gasteiger partial charge in [-0.15, -0.1) is 22.7 Å². The monoisotopic (exact) mass is 374 g/mol. The van der Waals surface area contributed by atoms with Gasteiger partial charge in [-0.25, -0.2) is 0 Å². The second-order valence-corrected chi connectivity index (χ2v) is 9.80. The van der Waals surface area contributed by atoms with Gasteiger partial charge in [-0.1, -0.05) is 23.2 Å². The molecule has 0 radical (unpaired) electrons. The van der Waals surface area contributed by atoms with E-state index in [-0.39, 0.29) is 5.92 Å². The number of aliphatic hydroxyl groups is 1. The zero-order valence-corrected chi connectivity index (χ0v) is 15.2. The average Bonchev–Trinajstić information content (AvgIpc) is 3.17. The minimum absolute atomic E-state index is 0.245. The van der Waals surface area contributed by atoms with Crippen molar-refractivity contribution in [3.63, 3.8) is 0 Å². The maximum absolute atomic E-state index is 11.8. The molecular formula is C16H18Cl2NOS2+. The predicted molar refractivity (Wildman–Crippen MR) is 93.4 cm³/mol. The van der Waals surface area contributed by atoms with Crippen LogP contribution < -0.4 is 4.90 Å². The van der Waals surface area contributed by atoms with Crippen LogP contribution in [0.25, 0.3) is 0 Å². The molecule has 2 N–H and O–H groups in total. The van der Waals surface area contributed by atoms with Crippen LogP contribution >= 0.6 is 45.9 Å². The molecule has 1 unspecified atom stereocenters. The van der Waals surface area contributed by atoms with Gasteiger partial charge in [0.1, 0.15) is 5.60 Å². The maximum atomic E-state index is 11.8. The fourth-order valence-corrected chi connectivity index (χ4v) is 6.63. The Morgan fingerprint density at radius 3 is 1.91 bits per heavy atom. The van der Waals surface area contributed by atoms with Gasteiger partial charge in [0, 0.05) is 22.6 Å². The second kappa shape index (κ2) is 5.76. The van der Waals surface area contributed by atoms with Crippen LogP contribution in [0, 0.1) is 11.8 Å². The van der Waals surface area contributed by atoms with Gasteiger partial charge in [-0.05, 0) is 30.2 Å². The van der Waals surface area contributed by atoms with E-state index in [0.717, 1.165) is 25.0 Å². The van der Waals surface area contributed by atoms with E-state index in [2.05, 4.69) is 0 Å². The quantitative estimate of drug-likeness (QED) is 0.846. The first-order valence-electron chi connectivity index (χ1n) is 7.65. The fourth-order valence-electron chi connectivity index (χ4n) is 4.15. The van der Waals surface area contributed by atoms with Crippen LogP contribution in [-0.2, 0) is 5.60 Å². The molecule has 0 aliphatic carbocycles. The molecule has 0 amide bonds. The molecule has 0 spiro atoms. The Labute approximate surface area is 148 Å². The molecule has 5 heterocycles. The van der Waals surface area contributed by atoms with E-state index >= 15 is 0 Å². The Balaban J connectivity index is 1.81. The third-order valence-corrected chi connectivity index (χ3v) is 7.96. The highest BCUT2D eigenvalue weighted by molar-refractivity contribution is 7.17. The van der Waals surface area contributed by atoms with E-state index in [1.54, 1.807) is 4.90 Å². The summed E-state index contributed by atoms with van der Waals surface area (Å²) in [6, 6.07) is 7.73. The molecule has 22 heavy (non-hydrogen) atoms. The summed E-state index contributed by atoms with van der Waals surface area (Å²) in [6.45, 7) is 3.52. The average molecular weight is 375 g/mol. The van der Waals surface area contributed by atoms with Gasteiger partial charge in [0.25, 0.3) is 0 Å². The highest BCUT2D eigenvalue weighted by atomic mass is 35.5. The molecule has 118 valence electrons. The van der Waals surface area contributed by atoms with Gasteiger partial charge in [0.15, 0.2) is 0 Å². The summed E-state index contributed by atoms with van der Waals surface area (Å²) in [5.41, 5.74) is -0.952. The number of halogens is 2. The smallest absolute Gasteiger partial charge is 0.141 e. The van der Waals surface area contributed by atoms with Crippen molar-refractivity contribution >= 4 is 45.9 Å². The summed E-state index contributed by atoms with van der Waals surface area (Å²) in [5.74, 6) is 0.832. The lowest BCUT2D eigenvalue weighted by molar-refractivity contribution is -0.922. The molecule has 2 bridgehead atoms.